The van der Waals surface area contributed by atoms with E-state index < -0.39 is 6.10 Å². The third-order valence-electron chi connectivity index (χ3n) is 1.81. The number of ether oxygens (including phenoxy) is 1. The fraction of sp³-hybridized carbons (Fsp3) is 0.750. The van der Waals surface area contributed by atoms with E-state index in [1.54, 1.807) is 4.90 Å². The molecule has 12 heavy (non-hydrogen) atoms. The van der Waals surface area contributed by atoms with Crippen molar-refractivity contribution in [3.8, 4) is 6.07 Å². The number of rotatable bonds is 3. The Labute approximate surface area is 71.7 Å². The van der Waals surface area contributed by atoms with E-state index in [9.17, 15) is 4.79 Å². The first-order valence-electron chi connectivity index (χ1n) is 4.13. The number of carbonyl (C=O) groups is 1. The molecule has 1 fully saturated rings. The van der Waals surface area contributed by atoms with Crippen LogP contribution in [0.4, 0.5) is 4.79 Å². The van der Waals surface area contributed by atoms with Crippen molar-refractivity contribution in [1.82, 2.24) is 4.90 Å². The van der Waals surface area contributed by atoms with Crippen LogP contribution in [0.5, 0.6) is 0 Å². The molecule has 1 aliphatic heterocycles. The normalized spacial score (nSPS) is 22.2. The first kappa shape index (κ1) is 8.85. The molecule has 66 valence electrons. The highest BCUT2D eigenvalue weighted by atomic mass is 16.6. The maximum Gasteiger partial charge on any atom is 0.411 e. The van der Waals surface area contributed by atoms with E-state index in [-0.39, 0.29) is 6.09 Å². The van der Waals surface area contributed by atoms with Crippen LogP contribution in [-0.2, 0) is 4.74 Å². The van der Waals surface area contributed by atoms with E-state index in [4.69, 9.17) is 10.00 Å². The minimum atomic E-state index is -0.561. The number of amides is 1. The lowest BCUT2D eigenvalue weighted by Gasteiger charge is -2.10. The predicted molar refractivity (Wildman–Crippen MR) is 42.4 cm³/mol. The molecule has 0 aromatic heterocycles. The van der Waals surface area contributed by atoms with Gasteiger partial charge >= 0.3 is 6.09 Å². The standard InChI is InChI=1S/C8H12N2O2/c1-2-3-4-10-6-7(5-9)12-8(10)11/h7H,2-4,6H2,1H3. The first-order valence-corrected chi connectivity index (χ1v) is 4.13. The van der Waals surface area contributed by atoms with Crippen LogP contribution in [0.25, 0.3) is 0 Å². The molecule has 0 spiro atoms. The van der Waals surface area contributed by atoms with Gasteiger partial charge in [0.1, 0.15) is 6.07 Å². The zero-order valence-corrected chi connectivity index (χ0v) is 7.12. The highest BCUT2D eigenvalue weighted by Crippen LogP contribution is 2.10. The quantitative estimate of drug-likeness (QED) is 0.634. The van der Waals surface area contributed by atoms with Crippen molar-refractivity contribution < 1.29 is 9.53 Å². The number of nitriles is 1. The van der Waals surface area contributed by atoms with Crippen molar-refractivity contribution in [3.05, 3.63) is 0 Å². The van der Waals surface area contributed by atoms with E-state index >= 15 is 0 Å². The molecule has 0 aromatic rings. The molecule has 4 nitrogen and oxygen atoms in total. The van der Waals surface area contributed by atoms with Crippen LogP contribution in [-0.4, -0.2) is 30.2 Å². The number of nitrogens with zero attached hydrogens (tertiary/aromatic N) is 2. The fourth-order valence-electron chi connectivity index (χ4n) is 1.11. The van der Waals surface area contributed by atoms with Crippen LogP contribution < -0.4 is 0 Å². The Balaban J connectivity index is 2.37. The molecular weight excluding hydrogens is 156 g/mol. The second-order valence-electron chi connectivity index (χ2n) is 2.80. The third-order valence-corrected chi connectivity index (χ3v) is 1.81. The SMILES string of the molecule is CCCCN1CC(C#N)OC1=O. The summed E-state index contributed by atoms with van der Waals surface area (Å²) in [6, 6.07) is 1.92. The molecule has 0 radical (unpaired) electrons. The monoisotopic (exact) mass is 168 g/mol. The summed E-state index contributed by atoms with van der Waals surface area (Å²) in [7, 11) is 0. The first-order chi connectivity index (χ1) is 5.77. The summed E-state index contributed by atoms with van der Waals surface area (Å²) in [6.45, 7) is 3.19. The molecule has 1 aliphatic rings. The van der Waals surface area contributed by atoms with Gasteiger partial charge in [-0.25, -0.2) is 4.79 Å². The van der Waals surface area contributed by atoms with Crippen LogP contribution >= 0.6 is 0 Å². The van der Waals surface area contributed by atoms with Crippen LogP contribution in [0.1, 0.15) is 19.8 Å². The molecule has 0 aliphatic carbocycles. The van der Waals surface area contributed by atoms with Gasteiger partial charge in [0.15, 0.2) is 0 Å². The van der Waals surface area contributed by atoms with Gasteiger partial charge in [-0.15, -0.1) is 0 Å². The highest BCUT2D eigenvalue weighted by molar-refractivity contribution is 5.70. The van der Waals surface area contributed by atoms with Gasteiger partial charge in [0, 0.05) is 6.54 Å². The molecule has 0 N–H and O–H groups in total. The van der Waals surface area contributed by atoms with Gasteiger partial charge in [-0.1, -0.05) is 13.3 Å². The summed E-state index contributed by atoms with van der Waals surface area (Å²) >= 11 is 0. The van der Waals surface area contributed by atoms with E-state index in [0.29, 0.717) is 13.1 Å². The van der Waals surface area contributed by atoms with Gasteiger partial charge in [0.2, 0.25) is 6.10 Å². The Morgan fingerprint density at radius 1 is 1.83 bits per heavy atom. The summed E-state index contributed by atoms with van der Waals surface area (Å²) in [5, 5.41) is 8.47. The summed E-state index contributed by atoms with van der Waals surface area (Å²) in [4.78, 5) is 12.6. The van der Waals surface area contributed by atoms with Crippen molar-refractivity contribution >= 4 is 6.09 Å². The van der Waals surface area contributed by atoms with Crippen molar-refractivity contribution in [2.75, 3.05) is 13.1 Å². The van der Waals surface area contributed by atoms with E-state index in [1.165, 1.54) is 0 Å². The summed E-state index contributed by atoms with van der Waals surface area (Å²) < 4.78 is 4.75. The molecule has 1 saturated heterocycles. The van der Waals surface area contributed by atoms with E-state index in [2.05, 4.69) is 6.92 Å². The Bertz CT molecular complexity index is 210. The molecular formula is C8H12N2O2. The Kier molecular flexibility index (Phi) is 2.92. The second-order valence-corrected chi connectivity index (χ2v) is 2.80. The Morgan fingerprint density at radius 2 is 2.58 bits per heavy atom. The zero-order valence-electron chi connectivity index (χ0n) is 7.12. The smallest absolute Gasteiger partial charge is 0.411 e. The van der Waals surface area contributed by atoms with Crippen LogP contribution in [0.15, 0.2) is 0 Å². The van der Waals surface area contributed by atoms with Crippen LogP contribution in [0.2, 0.25) is 0 Å². The summed E-state index contributed by atoms with van der Waals surface area (Å²) in [6.07, 6.45) is 1.10. The number of unbranched alkanes of at least 4 members (excludes halogenated alkanes) is 1. The molecule has 1 heterocycles. The highest BCUT2D eigenvalue weighted by Gasteiger charge is 2.30. The molecule has 1 rings (SSSR count). The van der Waals surface area contributed by atoms with Gasteiger partial charge in [0.25, 0.3) is 0 Å². The second kappa shape index (κ2) is 3.96. The van der Waals surface area contributed by atoms with Crippen LogP contribution in [0, 0.1) is 11.3 Å². The summed E-state index contributed by atoms with van der Waals surface area (Å²) in [5.74, 6) is 0. The van der Waals surface area contributed by atoms with Gasteiger partial charge in [-0.2, -0.15) is 5.26 Å². The maximum atomic E-state index is 11.0. The third kappa shape index (κ3) is 1.88. The van der Waals surface area contributed by atoms with E-state index in [1.807, 2.05) is 6.07 Å². The van der Waals surface area contributed by atoms with Gasteiger partial charge in [-0.3, -0.25) is 0 Å². The average Bonchev–Trinajstić information content (AvgIpc) is 2.43. The van der Waals surface area contributed by atoms with Crippen molar-refractivity contribution in [1.29, 1.82) is 5.26 Å². The predicted octanol–water partition coefficient (Wildman–Crippen LogP) is 1.13. The molecule has 0 saturated carbocycles. The largest absolute Gasteiger partial charge is 0.429 e. The number of hydrogen-bond donors (Lipinski definition) is 0. The minimum absolute atomic E-state index is 0.352. The lowest BCUT2D eigenvalue weighted by Crippen LogP contribution is -2.25. The average molecular weight is 168 g/mol. The minimum Gasteiger partial charge on any atom is -0.429 e. The molecule has 0 aromatic carbocycles. The Hall–Kier alpha value is -1.24. The molecule has 1 amide bonds. The maximum absolute atomic E-state index is 11.0. The van der Waals surface area contributed by atoms with E-state index in [0.717, 1.165) is 12.8 Å². The van der Waals surface area contributed by atoms with Gasteiger partial charge in [0.05, 0.1) is 6.54 Å². The molecule has 1 unspecified atom stereocenters. The zero-order chi connectivity index (χ0) is 8.97. The summed E-state index contributed by atoms with van der Waals surface area (Å²) in [5.41, 5.74) is 0. The lowest BCUT2D eigenvalue weighted by atomic mass is 10.3. The molecule has 1 atom stereocenters. The topological polar surface area (TPSA) is 53.3 Å². The fourth-order valence-corrected chi connectivity index (χ4v) is 1.11. The Morgan fingerprint density at radius 3 is 3.08 bits per heavy atom. The van der Waals surface area contributed by atoms with Crippen LogP contribution in [0.3, 0.4) is 0 Å². The molecule has 4 heteroatoms. The molecule has 0 bridgehead atoms. The number of carbonyl (C=O) groups excluding carboxylic acids is 1. The van der Waals surface area contributed by atoms with Crippen molar-refractivity contribution in [3.63, 3.8) is 0 Å². The van der Waals surface area contributed by atoms with Gasteiger partial charge in [-0.05, 0) is 6.42 Å². The van der Waals surface area contributed by atoms with Crippen molar-refractivity contribution in [2.24, 2.45) is 0 Å². The number of hydrogen-bond acceptors (Lipinski definition) is 3. The van der Waals surface area contributed by atoms with Crippen molar-refractivity contribution in [2.45, 2.75) is 25.9 Å². The number of cyclic esters (lactones) is 1. The van der Waals surface area contributed by atoms with Gasteiger partial charge < -0.3 is 9.64 Å². The lowest BCUT2D eigenvalue weighted by molar-refractivity contribution is 0.147.